The Bertz CT molecular complexity index is 337. The fourth-order valence-electron chi connectivity index (χ4n) is 2.22. The van der Waals surface area contributed by atoms with E-state index in [0.29, 0.717) is 0 Å². The van der Waals surface area contributed by atoms with Crippen LogP contribution in [0.5, 0.6) is 5.75 Å². The van der Waals surface area contributed by atoms with E-state index in [9.17, 15) is 0 Å². The van der Waals surface area contributed by atoms with Crippen molar-refractivity contribution in [3.05, 3.63) is 29.8 Å². The second kappa shape index (κ2) is 6.92. The number of methoxy groups -OCH3 is 1. The minimum absolute atomic E-state index is 0.728. The summed E-state index contributed by atoms with van der Waals surface area (Å²) in [6.07, 6.45) is 3.68. The first-order valence-electron chi connectivity index (χ1n) is 6.33. The molecule has 3 heteroatoms. The number of ether oxygens (including phenoxy) is 1. The number of rotatable bonds is 5. The summed E-state index contributed by atoms with van der Waals surface area (Å²) >= 11 is 2.07. The Labute approximate surface area is 108 Å². The SMILES string of the molecule is COc1ccccc1CCNC1CCSCC1. The van der Waals surface area contributed by atoms with Crippen molar-refractivity contribution in [2.75, 3.05) is 25.2 Å². The van der Waals surface area contributed by atoms with Crippen molar-refractivity contribution in [1.82, 2.24) is 5.32 Å². The molecule has 1 aliphatic rings. The number of para-hydroxylation sites is 1. The van der Waals surface area contributed by atoms with Crippen LogP contribution in [0.4, 0.5) is 0 Å². The molecule has 0 bridgehead atoms. The van der Waals surface area contributed by atoms with Gasteiger partial charge in [0, 0.05) is 6.04 Å². The second-order valence-corrected chi connectivity index (χ2v) is 5.63. The molecule has 1 aromatic carbocycles. The molecule has 0 spiro atoms. The van der Waals surface area contributed by atoms with Crippen LogP contribution < -0.4 is 10.1 Å². The summed E-state index contributed by atoms with van der Waals surface area (Å²) in [5, 5.41) is 3.65. The Kier molecular flexibility index (Phi) is 5.20. The normalized spacial score (nSPS) is 17.0. The quantitative estimate of drug-likeness (QED) is 0.869. The van der Waals surface area contributed by atoms with E-state index in [-0.39, 0.29) is 0 Å². The van der Waals surface area contributed by atoms with Gasteiger partial charge in [0.2, 0.25) is 0 Å². The number of thioether (sulfide) groups is 1. The van der Waals surface area contributed by atoms with E-state index >= 15 is 0 Å². The molecule has 0 saturated carbocycles. The molecule has 0 amide bonds. The molecule has 1 saturated heterocycles. The highest BCUT2D eigenvalue weighted by Gasteiger charge is 2.12. The lowest BCUT2D eigenvalue weighted by Gasteiger charge is -2.22. The molecule has 2 nitrogen and oxygen atoms in total. The van der Waals surface area contributed by atoms with Crippen LogP contribution in [-0.4, -0.2) is 31.2 Å². The van der Waals surface area contributed by atoms with E-state index < -0.39 is 0 Å². The number of benzene rings is 1. The van der Waals surface area contributed by atoms with Crippen LogP contribution in [-0.2, 0) is 6.42 Å². The van der Waals surface area contributed by atoms with Gasteiger partial charge in [-0.2, -0.15) is 11.8 Å². The minimum Gasteiger partial charge on any atom is -0.496 e. The largest absolute Gasteiger partial charge is 0.496 e. The Morgan fingerprint density at radius 2 is 2.06 bits per heavy atom. The zero-order chi connectivity index (χ0) is 11.9. The Morgan fingerprint density at radius 1 is 1.29 bits per heavy atom. The third-order valence-corrected chi connectivity index (χ3v) is 4.29. The van der Waals surface area contributed by atoms with Crippen molar-refractivity contribution in [3.63, 3.8) is 0 Å². The predicted octanol–water partition coefficient (Wildman–Crippen LogP) is 2.72. The average Bonchev–Trinajstić information content (AvgIpc) is 2.40. The first-order valence-corrected chi connectivity index (χ1v) is 7.48. The first kappa shape index (κ1) is 12.8. The highest BCUT2D eigenvalue weighted by Crippen LogP contribution is 2.19. The van der Waals surface area contributed by atoms with Crippen molar-refractivity contribution in [3.8, 4) is 5.75 Å². The zero-order valence-corrected chi connectivity index (χ0v) is 11.3. The van der Waals surface area contributed by atoms with Gasteiger partial charge >= 0.3 is 0 Å². The van der Waals surface area contributed by atoms with Crippen molar-refractivity contribution < 1.29 is 4.74 Å². The number of nitrogens with one attached hydrogen (secondary N) is 1. The lowest BCUT2D eigenvalue weighted by Crippen LogP contribution is -2.33. The number of hydrogen-bond acceptors (Lipinski definition) is 3. The van der Waals surface area contributed by atoms with Crippen molar-refractivity contribution in [2.24, 2.45) is 0 Å². The third kappa shape index (κ3) is 3.93. The second-order valence-electron chi connectivity index (χ2n) is 4.40. The van der Waals surface area contributed by atoms with Crippen molar-refractivity contribution in [2.45, 2.75) is 25.3 Å². The molecule has 1 heterocycles. The minimum atomic E-state index is 0.728. The van der Waals surface area contributed by atoms with Crippen LogP contribution in [0.2, 0.25) is 0 Å². The third-order valence-electron chi connectivity index (χ3n) is 3.24. The van der Waals surface area contributed by atoms with E-state index in [4.69, 9.17) is 4.74 Å². The van der Waals surface area contributed by atoms with Crippen LogP contribution in [0.3, 0.4) is 0 Å². The fourth-order valence-corrected chi connectivity index (χ4v) is 3.33. The summed E-state index contributed by atoms with van der Waals surface area (Å²) in [6.45, 7) is 1.05. The molecule has 94 valence electrons. The van der Waals surface area contributed by atoms with Crippen molar-refractivity contribution >= 4 is 11.8 Å². The molecule has 0 aliphatic carbocycles. The zero-order valence-electron chi connectivity index (χ0n) is 10.4. The van der Waals surface area contributed by atoms with Gasteiger partial charge in [-0.3, -0.25) is 0 Å². The fraction of sp³-hybridized carbons (Fsp3) is 0.571. The van der Waals surface area contributed by atoms with Gasteiger partial charge in [0.1, 0.15) is 5.75 Å². The lowest BCUT2D eigenvalue weighted by atomic mass is 10.1. The van der Waals surface area contributed by atoms with Crippen LogP contribution in [0.15, 0.2) is 24.3 Å². The van der Waals surface area contributed by atoms with Gasteiger partial charge in [-0.15, -0.1) is 0 Å². The predicted molar refractivity (Wildman–Crippen MR) is 75.0 cm³/mol. The van der Waals surface area contributed by atoms with Gasteiger partial charge < -0.3 is 10.1 Å². The maximum atomic E-state index is 5.36. The molecule has 1 N–H and O–H groups in total. The van der Waals surface area contributed by atoms with Gasteiger partial charge in [0.25, 0.3) is 0 Å². The monoisotopic (exact) mass is 251 g/mol. The summed E-state index contributed by atoms with van der Waals surface area (Å²) in [5.41, 5.74) is 1.30. The summed E-state index contributed by atoms with van der Waals surface area (Å²) in [4.78, 5) is 0. The summed E-state index contributed by atoms with van der Waals surface area (Å²) < 4.78 is 5.36. The highest BCUT2D eigenvalue weighted by molar-refractivity contribution is 7.99. The highest BCUT2D eigenvalue weighted by atomic mass is 32.2. The Morgan fingerprint density at radius 3 is 2.82 bits per heavy atom. The molecule has 1 aromatic rings. The standard InChI is InChI=1S/C14H21NOS/c1-16-14-5-3-2-4-12(14)6-9-15-13-7-10-17-11-8-13/h2-5,13,15H,6-11H2,1H3. The smallest absolute Gasteiger partial charge is 0.122 e. The molecule has 1 aliphatic heterocycles. The lowest BCUT2D eigenvalue weighted by molar-refractivity contribution is 0.407. The molecule has 0 atom stereocenters. The Hall–Kier alpha value is -0.670. The van der Waals surface area contributed by atoms with Crippen molar-refractivity contribution in [1.29, 1.82) is 0 Å². The van der Waals surface area contributed by atoms with Crippen LogP contribution in [0, 0.1) is 0 Å². The van der Waals surface area contributed by atoms with E-state index in [1.54, 1.807) is 7.11 Å². The van der Waals surface area contributed by atoms with E-state index in [1.165, 1.54) is 29.9 Å². The average molecular weight is 251 g/mol. The molecule has 1 fully saturated rings. The number of hydrogen-bond donors (Lipinski definition) is 1. The molecular formula is C14H21NOS. The maximum Gasteiger partial charge on any atom is 0.122 e. The molecule has 0 radical (unpaired) electrons. The van der Waals surface area contributed by atoms with Gasteiger partial charge in [-0.1, -0.05) is 18.2 Å². The van der Waals surface area contributed by atoms with Gasteiger partial charge in [-0.05, 0) is 48.9 Å². The molecule has 17 heavy (non-hydrogen) atoms. The molecule has 0 unspecified atom stereocenters. The summed E-state index contributed by atoms with van der Waals surface area (Å²) in [6, 6.07) is 9.01. The Balaban J connectivity index is 1.77. The van der Waals surface area contributed by atoms with Gasteiger partial charge in [-0.25, -0.2) is 0 Å². The van der Waals surface area contributed by atoms with Crippen LogP contribution in [0.25, 0.3) is 0 Å². The van der Waals surface area contributed by atoms with Crippen LogP contribution >= 0.6 is 11.8 Å². The van der Waals surface area contributed by atoms with Gasteiger partial charge in [0.05, 0.1) is 7.11 Å². The molecule has 0 aromatic heterocycles. The molecule has 2 rings (SSSR count). The van der Waals surface area contributed by atoms with Crippen LogP contribution in [0.1, 0.15) is 18.4 Å². The topological polar surface area (TPSA) is 21.3 Å². The molecular weight excluding hydrogens is 230 g/mol. The summed E-state index contributed by atoms with van der Waals surface area (Å²) in [7, 11) is 1.74. The first-order chi connectivity index (χ1) is 8.40. The van der Waals surface area contributed by atoms with Gasteiger partial charge in [0.15, 0.2) is 0 Å². The van der Waals surface area contributed by atoms with E-state index in [0.717, 1.165) is 24.8 Å². The van der Waals surface area contributed by atoms with E-state index in [2.05, 4.69) is 29.2 Å². The maximum absolute atomic E-state index is 5.36. The van der Waals surface area contributed by atoms with E-state index in [1.807, 2.05) is 12.1 Å². The summed E-state index contributed by atoms with van der Waals surface area (Å²) in [5.74, 6) is 3.63.